The van der Waals surface area contributed by atoms with Crippen LogP contribution in [-0.4, -0.2) is 21.6 Å². The van der Waals surface area contributed by atoms with Gasteiger partial charge in [0.15, 0.2) is 0 Å². The van der Waals surface area contributed by atoms with Crippen molar-refractivity contribution in [3.05, 3.63) is 52.2 Å². The Morgan fingerprint density at radius 2 is 1.96 bits per heavy atom. The second-order valence-electron chi connectivity index (χ2n) is 6.32. The summed E-state index contributed by atoms with van der Waals surface area (Å²) in [4.78, 5) is 23.3. The molecular weight excluding hydrogens is 362 g/mol. The van der Waals surface area contributed by atoms with Crippen molar-refractivity contribution < 1.29 is 4.79 Å². The quantitative estimate of drug-likeness (QED) is 0.487. The van der Waals surface area contributed by atoms with Crippen LogP contribution in [-0.2, 0) is 11.2 Å². The van der Waals surface area contributed by atoms with Crippen LogP contribution < -0.4 is 5.32 Å². The summed E-state index contributed by atoms with van der Waals surface area (Å²) in [5, 5.41) is 5.03. The van der Waals surface area contributed by atoms with E-state index in [-0.39, 0.29) is 11.9 Å². The first kappa shape index (κ1) is 18.9. The Morgan fingerprint density at radius 1 is 1.23 bits per heavy atom. The third-order valence-electron chi connectivity index (χ3n) is 4.54. The molecule has 0 aliphatic heterocycles. The molecule has 2 aromatic heterocycles. The molecule has 0 radical (unpaired) electrons. The zero-order valence-corrected chi connectivity index (χ0v) is 17.1. The Bertz CT molecular complexity index is 919. The van der Waals surface area contributed by atoms with E-state index in [1.54, 1.807) is 17.7 Å². The van der Waals surface area contributed by atoms with Crippen LogP contribution in [0, 0.1) is 13.8 Å². The molecule has 0 fully saturated rings. The van der Waals surface area contributed by atoms with Crippen LogP contribution in [0.2, 0.25) is 0 Å². The van der Waals surface area contributed by atoms with Gasteiger partial charge in [-0.05, 0) is 43.9 Å². The molecule has 1 unspecified atom stereocenters. The molecule has 3 rings (SSSR count). The average molecular weight is 386 g/mol. The minimum absolute atomic E-state index is 0.00967. The van der Waals surface area contributed by atoms with Crippen LogP contribution in [0.3, 0.4) is 0 Å². The number of rotatable bonds is 6. The van der Waals surface area contributed by atoms with Crippen molar-refractivity contribution in [1.82, 2.24) is 15.3 Å². The lowest BCUT2D eigenvalue weighted by atomic mass is 10.1. The number of fused-ring (bicyclic) bond motifs is 1. The fourth-order valence-corrected chi connectivity index (χ4v) is 4.73. The van der Waals surface area contributed by atoms with E-state index in [9.17, 15) is 4.79 Å². The summed E-state index contributed by atoms with van der Waals surface area (Å²) in [6.07, 6.45) is 2.60. The van der Waals surface area contributed by atoms with Gasteiger partial charge in [-0.1, -0.05) is 43.0 Å². The molecule has 136 valence electrons. The van der Waals surface area contributed by atoms with E-state index >= 15 is 0 Å². The van der Waals surface area contributed by atoms with E-state index < -0.39 is 0 Å². The van der Waals surface area contributed by atoms with Gasteiger partial charge in [0.05, 0.1) is 11.8 Å². The topological polar surface area (TPSA) is 54.9 Å². The summed E-state index contributed by atoms with van der Waals surface area (Å²) < 4.78 is 0. The van der Waals surface area contributed by atoms with Gasteiger partial charge in [-0.3, -0.25) is 4.79 Å². The van der Waals surface area contributed by atoms with Crippen LogP contribution in [0.5, 0.6) is 0 Å². The molecule has 2 heterocycles. The molecule has 0 bridgehead atoms. The molecule has 4 nitrogen and oxygen atoms in total. The van der Waals surface area contributed by atoms with Crippen LogP contribution in [0.1, 0.15) is 41.5 Å². The van der Waals surface area contributed by atoms with Crippen LogP contribution in [0.15, 0.2) is 35.6 Å². The summed E-state index contributed by atoms with van der Waals surface area (Å²) in [5.74, 6) is 0.358. The van der Waals surface area contributed by atoms with Gasteiger partial charge < -0.3 is 5.32 Å². The maximum absolute atomic E-state index is 12.4. The lowest BCUT2D eigenvalue weighted by molar-refractivity contribution is -0.119. The molecule has 26 heavy (non-hydrogen) atoms. The molecule has 1 atom stereocenters. The predicted molar refractivity (Wildman–Crippen MR) is 110 cm³/mol. The number of hydrogen-bond acceptors (Lipinski definition) is 5. The Morgan fingerprint density at radius 3 is 2.65 bits per heavy atom. The second kappa shape index (κ2) is 8.18. The van der Waals surface area contributed by atoms with Gasteiger partial charge in [0.1, 0.15) is 16.2 Å². The Hall–Kier alpha value is -1.92. The maximum atomic E-state index is 12.4. The van der Waals surface area contributed by atoms with Crippen LogP contribution >= 0.6 is 23.1 Å². The van der Waals surface area contributed by atoms with Crippen molar-refractivity contribution in [2.75, 3.05) is 5.75 Å². The first-order valence-electron chi connectivity index (χ1n) is 8.71. The minimum Gasteiger partial charge on any atom is -0.349 e. The highest BCUT2D eigenvalue weighted by molar-refractivity contribution is 8.00. The smallest absolute Gasteiger partial charge is 0.230 e. The van der Waals surface area contributed by atoms with Crippen LogP contribution in [0.25, 0.3) is 10.2 Å². The number of carbonyl (C=O) groups excluding carboxylic acids is 1. The number of nitrogens with zero attached hydrogens (tertiary/aromatic N) is 2. The van der Waals surface area contributed by atoms with E-state index in [1.165, 1.54) is 27.8 Å². The van der Waals surface area contributed by atoms with Crippen LogP contribution in [0.4, 0.5) is 0 Å². The monoisotopic (exact) mass is 385 g/mol. The van der Waals surface area contributed by atoms with Crippen molar-refractivity contribution in [2.24, 2.45) is 0 Å². The SMILES string of the molecule is CCc1ccc(C(C)NC(=O)CSc2ncnc3sc(C)c(C)c23)cc1. The molecule has 3 aromatic rings. The summed E-state index contributed by atoms with van der Waals surface area (Å²) in [5.41, 5.74) is 3.63. The Balaban J connectivity index is 1.64. The molecule has 1 amide bonds. The number of hydrogen-bond donors (Lipinski definition) is 1. The van der Waals surface area contributed by atoms with E-state index in [4.69, 9.17) is 0 Å². The van der Waals surface area contributed by atoms with Crippen molar-refractivity contribution in [3.8, 4) is 0 Å². The summed E-state index contributed by atoms with van der Waals surface area (Å²) >= 11 is 3.15. The highest BCUT2D eigenvalue weighted by atomic mass is 32.2. The normalized spacial score (nSPS) is 12.3. The molecule has 1 N–H and O–H groups in total. The molecule has 0 saturated heterocycles. The van der Waals surface area contributed by atoms with Crippen molar-refractivity contribution >= 4 is 39.2 Å². The lowest BCUT2D eigenvalue weighted by Gasteiger charge is -2.14. The van der Waals surface area contributed by atoms with E-state index in [0.29, 0.717) is 5.75 Å². The highest BCUT2D eigenvalue weighted by Gasteiger charge is 2.15. The Labute approximate surface area is 162 Å². The van der Waals surface area contributed by atoms with Crippen molar-refractivity contribution in [2.45, 2.75) is 45.2 Å². The van der Waals surface area contributed by atoms with Crippen molar-refractivity contribution in [1.29, 1.82) is 0 Å². The maximum Gasteiger partial charge on any atom is 0.230 e. The molecule has 0 saturated carbocycles. The lowest BCUT2D eigenvalue weighted by Crippen LogP contribution is -2.28. The summed E-state index contributed by atoms with van der Waals surface area (Å²) in [6.45, 7) is 8.33. The zero-order valence-electron chi connectivity index (χ0n) is 15.5. The summed E-state index contributed by atoms with van der Waals surface area (Å²) in [7, 11) is 0. The average Bonchev–Trinajstić information content (AvgIpc) is 2.94. The van der Waals surface area contributed by atoms with E-state index in [0.717, 1.165) is 27.2 Å². The van der Waals surface area contributed by atoms with Crippen molar-refractivity contribution in [3.63, 3.8) is 0 Å². The number of aryl methyl sites for hydroxylation is 3. The molecule has 6 heteroatoms. The number of thiophene rings is 1. The van der Waals surface area contributed by atoms with Gasteiger partial charge in [0.2, 0.25) is 5.91 Å². The second-order valence-corrected chi connectivity index (χ2v) is 8.48. The standard InChI is InChI=1S/C20H23N3OS2/c1-5-15-6-8-16(9-7-15)13(3)23-17(24)10-25-19-18-12(2)14(4)26-20(18)22-11-21-19/h6-9,11,13H,5,10H2,1-4H3,(H,23,24). The molecule has 0 aliphatic rings. The fraction of sp³-hybridized carbons (Fsp3) is 0.350. The third kappa shape index (κ3) is 4.07. The summed E-state index contributed by atoms with van der Waals surface area (Å²) in [6, 6.07) is 8.40. The molecule has 0 spiro atoms. The number of thioether (sulfide) groups is 1. The van der Waals surface area contributed by atoms with Gasteiger partial charge in [-0.15, -0.1) is 11.3 Å². The van der Waals surface area contributed by atoms with Gasteiger partial charge in [0, 0.05) is 10.3 Å². The molecular formula is C20H23N3OS2. The fourth-order valence-electron chi connectivity index (χ4n) is 2.80. The van der Waals surface area contributed by atoms with Gasteiger partial charge in [-0.2, -0.15) is 0 Å². The Kier molecular flexibility index (Phi) is 5.94. The number of carbonyl (C=O) groups is 1. The molecule has 1 aromatic carbocycles. The highest BCUT2D eigenvalue weighted by Crippen LogP contribution is 2.34. The number of aromatic nitrogens is 2. The number of benzene rings is 1. The van der Waals surface area contributed by atoms with E-state index in [2.05, 4.69) is 60.3 Å². The minimum atomic E-state index is -0.00967. The van der Waals surface area contributed by atoms with Gasteiger partial charge in [0.25, 0.3) is 0 Å². The first-order valence-corrected chi connectivity index (χ1v) is 10.5. The third-order valence-corrected chi connectivity index (χ3v) is 6.64. The van der Waals surface area contributed by atoms with Gasteiger partial charge >= 0.3 is 0 Å². The zero-order chi connectivity index (χ0) is 18.7. The predicted octanol–water partition coefficient (Wildman–Crippen LogP) is 4.84. The molecule has 0 aliphatic carbocycles. The number of nitrogens with one attached hydrogen (secondary N) is 1. The van der Waals surface area contributed by atoms with E-state index in [1.807, 2.05) is 6.92 Å². The van der Waals surface area contributed by atoms with Gasteiger partial charge in [-0.25, -0.2) is 9.97 Å². The largest absolute Gasteiger partial charge is 0.349 e. The number of amides is 1. The first-order chi connectivity index (χ1) is 12.5.